The largest absolute Gasteiger partial charge is 0.494 e. The van der Waals surface area contributed by atoms with Crippen molar-refractivity contribution in [3.05, 3.63) is 53.3 Å². The molecule has 5 nitrogen and oxygen atoms in total. The summed E-state index contributed by atoms with van der Waals surface area (Å²) in [5, 5.41) is 3.07. The van der Waals surface area contributed by atoms with Crippen LogP contribution in [0.4, 0.5) is 10.1 Å². The van der Waals surface area contributed by atoms with Gasteiger partial charge in [-0.15, -0.1) is 24.0 Å². The molecule has 0 aliphatic heterocycles. The molecular weight excluding hydrogens is 492 g/mol. The maximum Gasteiger partial charge on any atom is 0.193 e. The van der Waals surface area contributed by atoms with Crippen LogP contribution in [0.5, 0.6) is 11.5 Å². The molecule has 28 heavy (non-hydrogen) atoms. The zero-order valence-electron chi connectivity index (χ0n) is 16.3. The molecule has 0 atom stereocenters. The van der Waals surface area contributed by atoms with E-state index in [4.69, 9.17) is 15.2 Å². The SMILES string of the molecule is CCOc1ccc(OCC)c(NC(N)=NCc2ccc(F)cc2CSC)c1.I. The van der Waals surface area contributed by atoms with Gasteiger partial charge in [-0.2, -0.15) is 11.8 Å². The predicted molar refractivity (Wildman–Crippen MR) is 127 cm³/mol. The third-order valence-electron chi connectivity index (χ3n) is 3.71. The quantitative estimate of drug-likeness (QED) is 0.276. The van der Waals surface area contributed by atoms with Crippen LogP contribution in [0.25, 0.3) is 0 Å². The zero-order chi connectivity index (χ0) is 19.6. The Labute approximate surface area is 187 Å². The van der Waals surface area contributed by atoms with Crippen molar-refractivity contribution < 1.29 is 13.9 Å². The van der Waals surface area contributed by atoms with Crippen molar-refractivity contribution in [1.29, 1.82) is 0 Å². The summed E-state index contributed by atoms with van der Waals surface area (Å²) in [4.78, 5) is 4.39. The first-order valence-corrected chi connectivity index (χ1v) is 10.2. The fourth-order valence-corrected chi connectivity index (χ4v) is 3.11. The topological polar surface area (TPSA) is 68.9 Å². The van der Waals surface area contributed by atoms with E-state index in [2.05, 4.69) is 10.3 Å². The Balaban J connectivity index is 0.00000392. The van der Waals surface area contributed by atoms with Crippen molar-refractivity contribution in [1.82, 2.24) is 0 Å². The van der Waals surface area contributed by atoms with Crippen LogP contribution >= 0.6 is 35.7 Å². The summed E-state index contributed by atoms with van der Waals surface area (Å²) >= 11 is 1.64. The van der Waals surface area contributed by atoms with Crippen molar-refractivity contribution in [2.75, 3.05) is 24.8 Å². The fraction of sp³-hybridized carbons (Fsp3) is 0.350. The number of aliphatic imine (C=N–C) groups is 1. The number of hydrogen-bond donors (Lipinski definition) is 2. The maximum atomic E-state index is 13.5. The molecule has 0 fully saturated rings. The van der Waals surface area contributed by atoms with Gasteiger partial charge in [-0.1, -0.05) is 6.07 Å². The molecule has 2 aromatic carbocycles. The zero-order valence-corrected chi connectivity index (χ0v) is 19.5. The van der Waals surface area contributed by atoms with Crippen molar-refractivity contribution >= 4 is 47.4 Å². The van der Waals surface area contributed by atoms with Crippen molar-refractivity contribution in [2.45, 2.75) is 26.1 Å². The van der Waals surface area contributed by atoms with Crippen LogP contribution in [0.3, 0.4) is 0 Å². The Morgan fingerprint density at radius 3 is 2.54 bits per heavy atom. The molecule has 2 rings (SSSR count). The number of guanidine groups is 1. The van der Waals surface area contributed by atoms with Crippen LogP contribution in [0, 0.1) is 5.82 Å². The van der Waals surface area contributed by atoms with E-state index in [-0.39, 0.29) is 35.8 Å². The molecule has 0 aliphatic rings. The monoisotopic (exact) mass is 519 g/mol. The molecule has 0 bridgehead atoms. The summed E-state index contributed by atoms with van der Waals surface area (Å²) in [6.07, 6.45) is 1.98. The molecular formula is C20H27FIN3O2S. The van der Waals surface area contributed by atoms with E-state index >= 15 is 0 Å². The molecule has 0 spiro atoms. The second-order valence-corrected chi connectivity index (χ2v) is 6.56. The average molecular weight is 519 g/mol. The van der Waals surface area contributed by atoms with Crippen LogP contribution in [0.15, 0.2) is 41.4 Å². The van der Waals surface area contributed by atoms with Crippen molar-refractivity contribution in [3.63, 3.8) is 0 Å². The smallest absolute Gasteiger partial charge is 0.193 e. The highest BCUT2D eigenvalue weighted by atomic mass is 127. The van der Waals surface area contributed by atoms with Gasteiger partial charge in [-0.25, -0.2) is 9.38 Å². The van der Waals surface area contributed by atoms with Crippen LogP contribution in [0.2, 0.25) is 0 Å². The van der Waals surface area contributed by atoms with Gasteiger partial charge < -0.3 is 20.5 Å². The Hall–Kier alpha value is -1.68. The minimum absolute atomic E-state index is 0. The van der Waals surface area contributed by atoms with Gasteiger partial charge in [0.2, 0.25) is 0 Å². The van der Waals surface area contributed by atoms with Gasteiger partial charge in [0, 0.05) is 11.8 Å². The Morgan fingerprint density at radius 1 is 1.11 bits per heavy atom. The summed E-state index contributed by atoms with van der Waals surface area (Å²) in [6.45, 7) is 5.31. The van der Waals surface area contributed by atoms with E-state index in [9.17, 15) is 4.39 Å². The molecule has 2 aromatic rings. The lowest BCUT2D eigenvalue weighted by Gasteiger charge is -2.14. The fourth-order valence-electron chi connectivity index (χ4n) is 2.53. The number of rotatable bonds is 9. The number of ether oxygens (including phenoxy) is 2. The number of halogens is 2. The van der Waals surface area contributed by atoms with Crippen LogP contribution in [-0.4, -0.2) is 25.4 Å². The Bertz CT molecular complexity index is 790. The highest BCUT2D eigenvalue weighted by Gasteiger charge is 2.08. The lowest BCUT2D eigenvalue weighted by Crippen LogP contribution is -2.23. The van der Waals surface area contributed by atoms with Gasteiger partial charge in [0.15, 0.2) is 5.96 Å². The molecule has 0 radical (unpaired) electrons. The summed E-state index contributed by atoms with van der Waals surface area (Å²) in [5.41, 5.74) is 8.62. The summed E-state index contributed by atoms with van der Waals surface area (Å²) in [5.74, 6) is 2.12. The molecule has 154 valence electrons. The Morgan fingerprint density at radius 2 is 1.86 bits per heavy atom. The van der Waals surface area contributed by atoms with Crippen molar-refractivity contribution in [3.8, 4) is 11.5 Å². The second kappa shape index (κ2) is 12.7. The number of hydrogen-bond acceptors (Lipinski definition) is 4. The van der Waals surface area contributed by atoms with Crippen LogP contribution in [-0.2, 0) is 12.3 Å². The molecule has 0 saturated heterocycles. The number of nitrogens with two attached hydrogens (primary N) is 1. The molecule has 8 heteroatoms. The van der Waals surface area contributed by atoms with Crippen LogP contribution in [0.1, 0.15) is 25.0 Å². The lowest BCUT2D eigenvalue weighted by molar-refractivity contribution is 0.332. The van der Waals surface area contributed by atoms with E-state index in [0.29, 0.717) is 31.2 Å². The minimum Gasteiger partial charge on any atom is -0.494 e. The van der Waals surface area contributed by atoms with Gasteiger partial charge in [0.1, 0.15) is 17.3 Å². The van der Waals surface area contributed by atoms with Gasteiger partial charge in [-0.05, 0) is 55.5 Å². The predicted octanol–water partition coefficient (Wildman–Crippen LogP) is 5.03. The second-order valence-electron chi connectivity index (χ2n) is 5.70. The van der Waals surface area contributed by atoms with E-state index in [0.717, 1.165) is 22.6 Å². The number of nitrogens with zero attached hydrogens (tertiary/aromatic N) is 1. The van der Waals surface area contributed by atoms with E-state index < -0.39 is 0 Å². The molecule has 3 N–H and O–H groups in total. The highest BCUT2D eigenvalue weighted by Crippen LogP contribution is 2.29. The summed E-state index contributed by atoms with van der Waals surface area (Å²) in [7, 11) is 0. The lowest BCUT2D eigenvalue weighted by atomic mass is 10.1. The van der Waals surface area contributed by atoms with E-state index in [1.165, 1.54) is 6.07 Å². The molecule has 0 amide bonds. The number of nitrogens with one attached hydrogen (secondary N) is 1. The first-order valence-electron chi connectivity index (χ1n) is 8.80. The average Bonchev–Trinajstić information content (AvgIpc) is 2.64. The number of anilines is 1. The third-order valence-corrected chi connectivity index (χ3v) is 4.31. The molecule has 0 unspecified atom stereocenters. The first kappa shape index (κ1) is 24.4. The molecule has 0 aliphatic carbocycles. The summed E-state index contributed by atoms with van der Waals surface area (Å²) < 4.78 is 24.6. The first-order chi connectivity index (χ1) is 13.1. The van der Waals surface area contributed by atoms with Crippen molar-refractivity contribution in [2.24, 2.45) is 10.7 Å². The van der Waals surface area contributed by atoms with Gasteiger partial charge in [-0.3, -0.25) is 0 Å². The maximum absolute atomic E-state index is 13.5. The molecule has 0 aromatic heterocycles. The van der Waals surface area contributed by atoms with E-state index in [1.807, 2.05) is 38.3 Å². The molecule has 0 saturated carbocycles. The minimum atomic E-state index is -0.244. The van der Waals surface area contributed by atoms with Gasteiger partial charge >= 0.3 is 0 Å². The summed E-state index contributed by atoms with van der Waals surface area (Å²) in [6, 6.07) is 10.2. The standard InChI is InChI=1S/C20H26FN3O2S.HI/c1-4-25-17-8-9-19(26-5-2)18(11-17)24-20(22)23-12-14-6-7-16(21)10-15(14)13-27-3;/h6-11H,4-5,12-13H2,1-3H3,(H3,22,23,24);1H. The van der Waals surface area contributed by atoms with Crippen LogP contribution < -0.4 is 20.5 Å². The number of thioether (sulfide) groups is 1. The third kappa shape index (κ3) is 7.38. The Kier molecular flexibility index (Phi) is 11.1. The molecule has 0 heterocycles. The normalized spacial score (nSPS) is 10.9. The van der Waals surface area contributed by atoms with Gasteiger partial charge in [0.25, 0.3) is 0 Å². The van der Waals surface area contributed by atoms with Gasteiger partial charge in [0.05, 0.1) is 25.4 Å². The van der Waals surface area contributed by atoms with E-state index in [1.54, 1.807) is 23.9 Å². The number of benzene rings is 2. The highest BCUT2D eigenvalue weighted by molar-refractivity contribution is 14.0.